The number of carbonyl (C=O) groups is 2. The first-order valence-electron chi connectivity index (χ1n) is 4.46. The molecule has 4 heteroatoms. The monoisotopic (exact) mass is 210 g/mol. The van der Waals surface area contributed by atoms with Gasteiger partial charge in [-0.3, -0.25) is 4.79 Å². The van der Waals surface area contributed by atoms with Crippen LogP contribution in [0.1, 0.15) is 37.7 Å². The summed E-state index contributed by atoms with van der Waals surface area (Å²) in [5, 5.41) is 0. The summed E-state index contributed by atoms with van der Waals surface area (Å²) in [4.78, 5) is 24.2. The molecule has 14 heavy (non-hydrogen) atoms. The summed E-state index contributed by atoms with van der Waals surface area (Å²) in [6.07, 6.45) is 2.40. The lowest BCUT2D eigenvalue weighted by Gasteiger charge is -2.07. The molecule has 1 aliphatic carbocycles. The predicted octanol–water partition coefficient (Wildman–Crippen LogP) is 2.05. The maximum absolute atomic E-state index is 11.5. The number of methoxy groups -OCH3 is 1. The minimum atomic E-state index is -0.350. The van der Waals surface area contributed by atoms with E-state index in [0.29, 0.717) is 11.3 Å². The van der Waals surface area contributed by atoms with E-state index in [1.807, 2.05) is 0 Å². The Morgan fingerprint density at radius 1 is 1.50 bits per heavy atom. The van der Waals surface area contributed by atoms with Gasteiger partial charge in [0.25, 0.3) is 0 Å². The molecular weight excluding hydrogens is 200 g/mol. The molecule has 0 amide bonds. The normalized spacial score (nSPS) is 15.1. The molecule has 0 atom stereocenters. The molecule has 0 saturated carbocycles. The van der Waals surface area contributed by atoms with Crippen LogP contribution in [0.4, 0.5) is 0 Å². The van der Waals surface area contributed by atoms with Crippen molar-refractivity contribution in [3.8, 4) is 0 Å². The van der Waals surface area contributed by atoms with Crippen LogP contribution in [0.3, 0.4) is 0 Å². The average Bonchev–Trinajstić information content (AvgIpc) is 2.62. The third kappa shape index (κ3) is 1.46. The Kier molecular flexibility index (Phi) is 2.37. The number of thiophene rings is 1. The second-order valence-electron chi connectivity index (χ2n) is 3.22. The van der Waals surface area contributed by atoms with Crippen LogP contribution >= 0.6 is 11.3 Å². The number of ether oxygens (including phenoxy) is 1. The third-order valence-electron chi connectivity index (χ3n) is 2.30. The van der Waals surface area contributed by atoms with Gasteiger partial charge in [0.05, 0.1) is 7.11 Å². The van der Waals surface area contributed by atoms with Gasteiger partial charge in [-0.25, -0.2) is 4.79 Å². The quantitative estimate of drug-likeness (QED) is 0.666. The minimum Gasteiger partial charge on any atom is -0.465 e. The van der Waals surface area contributed by atoms with Crippen LogP contribution < -0.4 is 0 Å². The number of hydrogen-bond acceptors (Lipinski definition) is 4. The van der Waals surface area contributed by atoms with Gasteiger partial charge in [0.1, 0.15) is 4.88 Å². The molecule has 1 aromatic rings. The van der Waals surface area contributed by atoms with Gasteiger partial charge >= 0.3 is 5.97 Å². The first-order chi connectivity index (χ1) is 6.72. The van der Waals surface area contributed by atoms with E-state index in [-0.39, 0.29) is 11.8 Å². The number of rotatable bonds is 1. The van der Waals surface area contributed by atoms with Crippen LogP contribution in [-0.4, -0.2) is 18.9 Å². The highest BCUT2D eigenvalue weighted by atomic mass is 32.1. The standard InChI is InChI=1S/C10H10O3S/c1-13-10(12)9-5-6-7(11)3-2-4-8(6)14-9/h5H,2-4H2,1H3. The number of hydrogen-bond donors (Lipinski definition) is 0. The Bertz CT molecular complexity index is 392. The van der Waals surface area contributed by atoms with Gasteiger partial charge in [0.2, 0.25) is 0 Å². The average molecular weight is 210 g/mol. The van der Waals surface area contributed by atoms with Crippen molar-refractivity contribution >= 4 is 23.1 Å². The van der Waals surface area contributed by atoms with E-state index in [9.17, 15) is 9.59 Å². The number of aryl methyl sites for hydroxylation is 1. The Labute approximate surface area is 85.7 Å². The van der Waals surface area contributed by atoms with Gasteiger partial charge in [-0.2, -0.15) is 0 Å². The maximum Gasteiger partial charge on any atom is 0.348 e. The third-order valence-corrected chi connectivity index (χ3v) is 3.48. The molecular formula is C10H10O3S. The zero-order valence-corrected chi connectivity index (χ0v) is 8.65. The van der Waals surface area contributed by atoms with E-state index < -0.39 is 0 Å². The fraction of sp³-hybridized carbons (Fsp3) is 0.400. The molecule has 3 nitrogen and oxygen atoms in total. The fourth-order valence-corrected chi connectivity index (χ4v) is 2.73. The van der Waals surface area contributed by atoms with Crippen molar-refractivity contribution in [1.29, 1.82) is 0 Å². The van der Waals surface area contributed by atoms with E-state index in [4.69, 9.17) is 0 Å². The predicted molar refractivity (Wildman–Crippen MR) is 52.9 cm³/mol. The van der Waals surface area contributed by atoms with Crippen molar-refractivity contribution in [3.05, 3.63) is 21.4 Å². The molecule has 0 N–H and O–H groups in total. The number of carbonyl (C=O) groups excluding carboxylic acids is 2. The SMILES string of the molecule is COC(=O)c1cc2c(s1)CCCC2=O. The highest BCUT2D eigenvalue weighted by Gasteiger charge is 2.22. The van der Waals surface area contributed by atoms with Gasteiger partial charge in [0.15, 0.2) is 5.78 Å². The van der Waals surface area contributed by atoms with Gasteiger partial charge in [0, 0.05) is 16.9 Å². The second kappa shape index (κ2) is 3.53. The molecule has 0 saturated heterocycles. The smallest absolute Gasteiger partial charge is 0.348 e. The molecule has 0 radical (unpaired) electrons. The molecule has 1 aromatic heterocycles. The Hall–Kier alpha value is -1.16. The summed E-state index contributed by atoms with van der Waals surface area (Å²) < 4.78 is 4.61. The van der Waals surface area contributed by atoms with Gasteiger partial charge in [-0.15, -0.1) is 11.3 Å². The summed E-state index contributed by atoms with van der Waals surface area (Å²) in [5.74, 6) is -0.199. The Morgan fingerprint density at radius 3 is 2.93 bits per heavy atom. The number of ketones is 1. The van der Waals surface area contributed by atoms with Crippen LogP contribution in [0.5, 0.6) is 0 Å². The topological polar surface area (TPSA) is 43.4 Å². The van der Waals surface area contributed by atoms with Crippen LogP contribution in [0.15, 0.2) is 6.07 Å². The van der Waals surface area contributed by atoms with Crippen molar-refractivity contribution in [2.45, 2.75) is 19.3 Å². The minimum absolute atomic E-state index is 0.151. The van der Waals surface area contributed by atoms with E-state index >= 15 is 0 Å². The molecule has 1 aliphatic rings. The van der Waals surface area contributed by atoms with E-state index in [1.165, 1.54) is 18.4 Å². The molecule has 1 heterocycles. The number of Topliss-reactive ketones (excluding diaryl/α,β-unsaturated/α-hetero) is 1. The zero-order chi connectivity index (χ0) is 10.1. The lowest BCUT2D eigenvalue weighted by Crippen LogP contribution is -2.06. The van der Waals surface area contributed by atoms with E-state index in [1.54, 1.807) is 6.07 Å². The molecule has 0 bridgehead atoms. The van der Waals surface area contributed by atoms with Crippen molar-refractivity contribution in [3.63, 3.8) is 0 Å². The number of esters is 1. The van der Waals surface area contributed by atoms with Gasteiger partial charge in [-0.1, -0.05) is 0 Å². The maximum atomic E-state index is 11.5. The summed E-state index contributed by atoms with van der Waals surface area (Å²) in [6.45, 7) is 0. The molecule has 0 spiro atoms. The first kappa shape index (κ1) is 9.40. The van der Waals surface area contributed by atoms with Crippen LogP contribution in [-0.2, 0) is 11.2 Å². The molecule has 0 aromatic carbocycles. The lowest BCUT2D eigenvalue weighted by molar-refractivity contribution is 0.0606. The van der Waals surface area contributed by atoms with E-state index in [2.05, 4.69) is 4.74 Å². The zero-order valence-electron chi connectivity index (χ0n) is 7.83. The molecule has 0 unspecified atom stereocenters. The first-order valence-corrected chi connectivity index (χ1v) is 5.28. The Balaban J connectivity index is 2.40. The second-order valence-corrected chi connectivity index (χ2v) is 4.35. The molecule has 74 valence electrons. The van der Waals surface area contributed by atoms with Gasteiger partial charge < -0.3 is 4.74 Å². The van der Waals surface area contributed by atoms with Gasteiger partial charge in [-0.05, 0) is 18.9 Å². The van der Waals surface area contributed by atoms with Crippen LogP contribution in [0, 0.1) is 0 Å². The Morgan fingerprint density at radius 2 is 2.29 bits per heavy atom. The largest absolute Gasteiger partial charge is 0.465 e. The highest BCUT2D eigenvalue weighted by Crippen LogP contribution is 2.29. The van der Waals surface area contributed by atoms with E-state index in [0.717, 1.165) is 23.3 Å². The van der Waals surface area contributed by atoms with Crippen LogP contribution in [0.25, 0.3) is 0 Å². The summed E-state index contributed by atoms with van der Waals surface area (Å²) in [5.41, 5.74) is 0.724. The number of fused-ring (bicyclic) bond motifs is 1. The van der Waals surface area contributed by atoms with Crippen molar-refractivity contribution in [2.75, 3.05) is 7.11 Å². The molecule has 2 rings (SSSR count). The summed E-state index contributed by atoms with van der Waals surface area (Å²) in [7, 11) is 1.35. The highest BCUT2D eigenvalue weighted by molar-refractivity contribution is 7.14. The summed E-state index contributed by atoms with van der Waals surface area (Å²) in [6, 6.07) is 1.66. The molecule has 0 aliphatic heterocycles. The fourth-order valence-electron chi connectivity index (χ4n) is 1.60. The van der Waals surface area contributed by atoms with Crippen LogP contribution in [0.2, 0.25) is 0 Å². The molecule has 0 fully saturated rings. The lowest BCUT2D eigenvalue weighted by atomic mass is 9.98. The van der Waals surface area contributed by atoms with Crippen molar-refractivity contribution in [2.24, 2.45) is 0 Å². The summed E-state index contributed by atoms with van der Waals surface area (Å²) >= 11 is 1.38. The van der Waals surface area contributed by atoms with Crippen molar-refractivity contribution in [1.82, 2.24) is 0 Å². The van der Waals surface area contributed by atoms with Crippen molar-refractivity contribution < 1.29 is 14.3 Å².